The lowest BCUT2D eigenvalue weighted by Gasteiger charge is -2.30. The van der Waals surface area contributed by atoms with Crippen LogP contribution in [-0.4, -0.2) is 55.1 Å². The third-order valence-electron chi connectivity index (χ3n) is 6.32. The van der Waals surface area contributed by atoms with Crippen LogP contribution < -0.4 is 10.6 Å². The monoisotopic (exact) mass is 484 g/mol. The largest absolute Gasteiger partial charge is 0.325 e. The molecule has 9 nitrogen and oxygen atoms in total. The third kappa shape index (κ3) is 4.55. The Balaban J connectivity index is 1.41. The van der Waals surface area contributed by atoms with Crippen LogP contribution in [0, 0.1) is 5.92 Å². The van der Waals surface area contributed by atoms with E-state index in [1.54, 1.807) is 31.2 Å². The molecule has 34 heavy (non-hydrogen) atoms. The number of imide groups is 1. The average molecular weight is 485 g/mol. The van der Waals surface area contributed by atoms with Crippen molar-refractivity contribution in [2.75, 3.05) is 25.0 Å². The van der Waals surface area contributed by atoms with Gasteiger partial charge in [0.05, 0.1) is 4.90 Å². The summed E-state index contributed by atoms with van der Waals surface area (Å²) in [6.07, 6.45) is 1.85. The van der Waals surface area contributed by atoms with E-state index in [2.05, 4.69) is 10.6 Å². The van der Waals surface area contributed by atoms with Crippen LogP contribution >= 0.6 is 0 Å². The first-order chi connectivity index (χ1) is 16.1. The highest BCUT2D eigenvalue weighted by Crippen LogP contribution is 2.29. The Bertz CT molecular complexity index is 1200. The minimum Gasteiger partial charge on any atom is -0.325 e. The fourth-order valence-electron chi connectivity index (χ4n) is 4.38. The lowest BCUT2D eigenvalue weighted by atomic mass is 9.92. The maximum absolute atomic E-state index is 12.9. The zero-order valence-electron chi connectivity index (χ0n) is 19.2. The van der Waals surface area contributed by atoms with E-state index < -0.39 is 40.0 Å². The van der Waals surface area contributed by atoms with Crippen LogP contribution in [0.25, 0.3) is 0 Å². The van der Waals surface area contributed by atoms with Gasteiger partial charge >= 0.3 is 6.03 Å². The number of anilines is 1. The van der Waals surface area contributed by atoms with E-state index >= 15 is 0 Å². The average Bonchev–Trinajstić information content (AvgIpc) is 3.04. The van der Waals surface area contributed by atoms with E-state index in [4.69, 9.17) is 0 Å². The number of carbonyl (C=O) groups excluding carboxylic acids is 3. The Labute approximate surface area is 199 Å². The number of hydrogen-bond donors (Lipinski definition) is 2. The van der Waals surface area contributed by atoms with E-state index in [1.807, 2.05) is 13.0 Å². The number of urea groups is 1. The van der Waals surface area contributed by atoms with Crippen molar-refractivity contribution >= 4 is 33.6 Å². The molecule has 10 heteroatoms. The van der Waals surface area contributed by atoms with Crippen molar-refractivity contribution in [3.63, 3.8) is 0 Å². The Kier molecular flexibility index (Phi) is 6.46. The van der Waals surface area contributed by atoms with Gasteiger partial charge in [-0.3, -0.25) is 14.5 Å². The van der Waals surface area contributed by atoms with Gasteiger partial charge in [0.2, 0.25) is 15.9 Å². The molecular weight excluding hydrogens is 456 g/mol. The summed E-state index contributed by atoms with van der Waals surface area (Å²) in [5, 5.41) is 5.28. The molecule has 4 rings (SSSR count). The highest BCUT2D eigenvalue weighted by atomic mass is 32.2. The number of amides is 4. The van der Waals surface area contributed by atoms with Crippen molar-refractivity contribution in [2.24, 2.45) is 5.92 Å². The van der Waals surface area contributed by atoms with E-state index in [1.165, 1.54) is 28.6 Å². The highest BCUT2D eigenvalue weighted by Gasteiger charge is 2.49. The molecule has 0 spiro atoms. The van der Waals surface area contributed by atoms with E-state index in [9.17, 15) is 22.8 Å². The molecule has 2 atom stereocenters. The van der Waals surface area contributed by atoms with Crippen LogP contribution in [-0.2, 0) is 25.2 Å². The quantitative estimate of drug-likeness (QED) is 0.612. The minimum absolute atomic E-state index is 0.160. The van der Waals surface area contributed by atoms with Crippen LogP contribution in [0.4, 0.5) is 10.5 Å². The summed E-state index contributed by atoms with van der Waals surface area (Å²) in [4.78, 5) is 39.0. The number of rotatable bonds is 6. The second kappa shape index (κ2) is 9.19. The third-order valence-corrected chi connectivity index (χ3v) is 8.20. The molecule has 2 N–H and O–H groups in total. The minimum atomic E-state index is -3.60. The van der Waals surface area contributed by atoms with Gasteiger partial charge in [-0.15, -0.1) is 0 Å². The van der Waals surface area contributed by atoms with Crippen molar-refractivity contribution in [3.8, 4) is 0 Å². The molecule has 2 aliphatic rings. The van der Waals surface area contributed by atoms with E-state index in [0.717, 1.165) is 17.7 Å². The zero-order chi connectivity index (χ0) is 24.5. The van der Waals surface area contributed by atoms with Crippen molar-refractivity contribution < 1.29 is 22.8 Å². The van der Waals surface area contributed by atoms with Crippen LogP contribution in [0.15, 0.2) is 59.5 Å². The van der Waals surface area contributed by atoms with Gasteiger partial charge in [-0.05, 0) is 55.5 Å². The molecule has 2 aliphatic heterocycles. The van der Waals surface area contributed by atoms with Gasteiger partial charge in [-0.25, -0.2) is 13.2 Å². The SMILES string of the molecule is C[C@@H]1CCCN(S(=O)(=O)c2ccc(NC(=O)CN3C(=O)N[C@@](C)(c4ccccc4)C3=O)cc2)C1. The summed E-state index contributed by atoms with van der Waals surface area (Å²) in [5.41, 5.74) is -0.259. The Morgan fingerprint density at radius 3 is 2.44 bits per heavy atom. The number of nitrogens with one attached hydrogen (secondary N) is 2. The second-order valence-corrected chi connectivity index (χ2v) is 10.9. The number of sulfonamides is 1. The maximum Gasteiger partial charge on any atom is 0.325 e. The molecule has 0 radical (unpaired) electrons. The molecule has 0 bridgehead atoms. The number of carbonyl (C=O) groups is 3. The first kappa shape index (κ1) is 23.9. The molecule has 0 aromatic heterocycles. The summed E-state index contributed by atoms with van der Waals surface area (Å²) in [7, 11) is -3.60. The van der Waals surface area contributed by atoms with E-state index in [-0.39, 0.29) is 4.90 Å². The normalized spacial score (nSPS) is 23.6. The topological polar surface area (TPSA) is 116 Å². The highest BCUT2D eigenvalue weighted by molar-refractivity contribution is 7.89. The predicted octanol–water partition coefficient (Wildman–Crippen LogP) is 2.51. The van der Waals surface area contributed by atoms with Gasteiger partial charge in [0.1, 0.15) is 12.1 Å². The molecular formula is C24H28N4O5S. The Morgan fingerprint density at radius 1 is 1.12 bits per heavy atom. The molecule has 2 saturated heterocycles. The number of nitrogens with zero attached hydrogens (tertiary/aromatic N) is 2. The smallest absolute Gasteiger partial charge is 0.325 e. The summed E-state index contributed by atoms with van der Waals surface area (Å²) >= 11 is 0. The number of hydrogen-bond acceptors (Lipinski definition) is 5. The molecule has 0 unspecified atom stereocenters. The summed E-state index contributed by atoms with van der Waals surface area (Å²) in [6.45, 7) is 4.17. The van der Waals surface area contributed by atoms with Gasteiger partial charge < -0.3 is 10.6 Å². The van der Waals surface area contributed by atoms with Crippen molar-refractivity contribution in [1.82, 2.24) is 14.5 Å². The van der Waals surface area contributed by atoms with Crippen LogP contribution in [0.1, 0.15) is 32.3 Å². The molecule has 2 aromatic carbocycles. The Hall–Kier alpha value is -3.24. The molecule has 2 heterocycles. The fourth-order valence-corrected chi connectivity index (χ4v) is 5.97. The molecule has 4 amide bonds. The van der Waals surface area contributed by atoms with Crippen LogP contribution in [0.5, 0.6) is 0 Å². The van der Waals surface area contributed by atoms with Gasteiger partial charge in [-0.1, -0.05) is 37.3 Å². The van der Waals surface area contributed by atoms with Crippen molar-refractivity contribution in [3.05, 3.63) is 60.2 Å². The van der Waals surface area contributed by atoms with Gasteiger partial charge in [0.15, 0.2) is 0 Å². The molecule has 0 aliphatic carbocycles. The van der Waals surface area contributed by atoms with Gasteiger partial charge in [-0.2, -0.15) is 4.31 Å². The second-order valence-electron chi connectivity index (χ2n) is 9.00. The first-order valence-corrected chi connectivity index (χ1v) is 12.6. The summed E-state index contributed by atoms with van der Waals surface area (Å²) < 4.78 is 27.3. The fraction of sp³-hybridized carbons (Fsp3) is 0.375. The van der Waals surface area contributed by atoms with E-state index in [0.29, 0.717) is 30.3 Å². The first-order valence-electron chi connectivity index (χ1n) is 11.2. The van der Waals surface area contributed by atoms with Crippen molar-refractivity contribution in [2.45, 2.75) is 37.1 Å². The summed E-state index contributed by atoms with van der Waals surface area (Å²) in [5.74, 6) is -0.770. The predicted molar refractivity (Wildman–Crippen MR) is 126 cm³/mol. The number of piperidine rings is 1. The van der Waals surface area contributed by atoms with Gasteiger partial charge in [0, 0.05) is 18.8 Å². The zero-order valence-corrected chi connectivity index (χ0v) is 20.0. The standard InChI is InChI=1S/C24H28N4O5S/c1-17-7-6-14-27(15-17)34(32,33)20-12-10-19(11-13-20)25-21(29)16-28-22(30)24(2,26-23(28)31)18-8-4-3-5-9-18/h3-5,8-13,17H,6-7,14-16H2,1-2H3,(H,25,29)(H,26,31)/t17-,24+/m1/s1. The summed E-state index contributed by atoms with van der Waals surface area (Å²) in [6, 6.07) is 14.1. The van der Waals surface area contributed by atoms with Crippen LogP contribution in [0.3, 0.4) is 0 Å². The number of benzene rings is 2. The van der Waals surface area contributed by atoms with Crippen molar-refractivity contribution in [1.29, 1.82) is 0 Å². The lowest BCUT2D eigenvalue weighted by Crippen LogP contribution is -2.42. The Morgan fingerprint density at radius 2 is 1.79 bits per heavy atom. The van der Waals surface area contributed by atoms with Gasteiger partial charge in [0.25, 0.3) is 5.91 Å². The lowest BCUT2D eigenvalue weighted by molar-refractivity contribution is -0.133. The maximum atomic E-state index is 12.9. The molecule has 0 saturated carbocycles. The molecule has 2 fully saturated rings. The molecule has 180 valence electrons. The van der Waals surface area contributed by atoms with Crippen LogP contribution in [0.2, 0.25) is 0 Å². The molecule has 2 aromatic rings.